The van der Waals surface area contributed by atoms with Gasteiger partial charge in [-0.2, -0.15) is 13.2 Å². The second-order valence-electron chi connectivity index (χ2n) is 5.05. The molecule has 8 heteroatoms. The number of rotatable bonds is 2. The predicted molar refractivity (Wildman–Crippen MR) is 86.0 cm³/mol. The van der Waals surface area contributed by atoms with Gasteiger partial charge in [0.2, 0.25) is 0 Å². The molecular weight excluding hydrogens is 338 g/mol. The third-order valence-corrected chi connectivity index (χ3v) is 3.72. The first kappa shape index (κ1) is 19.1. The number of aromatic nitrogens is 1. The first-order valence-corrected chi connectivity index (χ1v) is 6.64. The number of hydrogen-bond acceptors (Lipinski definition) is 2. The minimum absolute atomic E-state index is 0. The molecule has 0 bridgehead atoms. The molecular formula is C14H18Cl2F3N3. The zero-order chi connectivity index (χ0) is 14.2. The molecule has 124 valence electrons. The Kier molecular flexibility index (Phi) is 6.55. The van der Waals surface area contributed by atoms with Gasteiger partial charge in [0.25, 0.3) is 0 Å². The molecule has 1 aliphatic rings. The van der Waals surface area contributed by atoms with Crippen molar-refractivity contribution < 1.29 is 13.2 Å². The second kappa shape index (κ2) is 7.55. The van der Waals surface area contributed by atoms with Gasteiger partial charge in [-0.25, -0.2) is 0 Å². The normalized spacial score (nSPS) is 17.6. The molecule has 0 amide bonds. The number of fused-ring (bicyclic) bond motifs is 1. The zero-order valence-corrected chi connectivity index (χ0v) is 13.3. The Labute approximate surface area is 139 Å². The van der Waals surface area contributed by atoms with Gasteiger partial charge in [-0.15, -0.1) is 24.8 Å². The summed E-state index contributed by atoms with van der Waals surface area (Å²) < 4.78 is 40.3. The molecule has 1 saturated heterocycles. The van der Waals surface area contributed by atoms with E-state index in [1.54, 1.807) is 24.4 Å². The number of nitrogens with zero attached hydrogens (tertiary/aromatic N) is 1. The Hall–Kier alpha value is -0.950. The largest absolute Gasteiger partial charge is 0.408 e. The van der Waals surface area contributed by atoms with Crippen LogP contribution in [0.4, 0.5) is 13.2 Å². The molecule has 1 aromatic carbocycles. The topological polar surface area (TPSA) is 31.1 Å². The van der Waals surface area contributed by atoms with Crippen molar-refractivity contribution in [1.82, 2.24) is 15.2 Å². The maximum absolute atomic E-state index is 13.4. The summed E-state index contributed by atoms with van der Waals surface area (Å²) in [4.78, 5) is 4.47. The summed E-state index contributed by atoms with van der Waals surface area (Å²) in [5.41, 5.74) is 1.04. The van der Waals surface area contributed by atoms with Gasteiger partial charge in [-0.3, -0.25) is 4.90 Å². The summed E-state index contributed by atoms with van der Waals surface area (Å²) in [6, 6.07) is 5.25. The van der Waals surface area contributed by atoms with Gasteiger partial charge in [0.15, 0.2) is 0 Å². The van der Waals surface area contributed by atoms with Gasteiger partial charge in [0, 0.05) is 37.9 Å². The maximum atomic E-state index is 13.4. The lowest BCUT2D eigenvalue weighted by Crippen LogP contribution is -2.49. The van der Waals surface area contributed by atoms with E-state index in [9.17, 15) is 13.2 Å². The highest BCUT2D eigenvalue weighted by atomic mass is 35.5. The summed E-state index contributed by atoms with van der Waals surface area (Å²) in [5.74, 6) is 0. The quantitative estimate of drug-likeness (QED) is 0.863. The van der Waals surface area contributed by atoms with Crippen molar-refractivity contribution in [2.24, 2.45) is 0 Å². The van der Waals surface area contributed by atoms with Crippen LogP contribution in [-0.2, 0) is 0 Å². The lowest BCUT2D eigenvalue weighted by atomic mass is 10.0. The number of aromatic amines is 1. The Bertz CT molecular complexity index is 594. The fourth-order valence-electron chi connectivity index (χ4n) is 2.78. The van der Waals surface area contributed by atoms with E-state index >= 15 is 0 Å². The van der Waals surface area contributed by atoms with E-state index in [2.05, 4.69) is 10.3 Å². The molecule has 1 aliphatic heterocycles. The highest BCUT2D eigenvalue weighted by Crippen LogP contribution is 2.38. The van der Waals surface area contributed by atoms with Gasteiger partial charge in [0.1, 0.15) is 6.04 Å². The Morgan fingerprint density at radius 2 is 1.73 bits per heavy atom. The van der Waals surface area contributed by atoms with Crippen LogP contribution >= 0.6 is 24.8 Å². The van der Waals surface area contributed by atoms with Crippen LogP contribution in [0.15, 0.2) is 30.5 Å². The van der Waals surface area contributed by atoms with E-state index in [4.69, 9.17) is 0 Å². The van der Waals surface area contributed by atoms with Crippen molar-refractivity contribution in [1.29, 1.82) is 0 Å². The molecule has 0 aliphatic carbocycles. The van der Waals surface area contributed by atoms with E-state index in [1.807, 2.05) is 6.07 Å². The van der Waals surface area contributed by atoms with Crippen LogP contribution in [0.5, 0.6) is 0 Å². The van der Waals surface area contributed by atoms with E-state index in [0.717, 1.165) is 10.9 Å². The fourth-order valence-corrected chi connectivity index (χ4v) is 2.78. The van der Waals surface area contributed by atoms with Crippen molar-refractivity contribution in [3.8, 4) is 0 Å². The first-order chi connectivity index (χ1) is 9.55. The molecule has 3 nitrogen and oxygen atoms in total. The van der Waals surface area contributed by atoms with Gasteiger partial charge >= 0.3 is 6.18 Å². The average Bonchev–Trinajstić information content (AvgIpc) is 2.86. The highest BCUT2D eigenvalue weighted by molar-refractivity contribution is 5.85. The summed E-state index contributed by atoms with van der Waals surface area (Å²) in [7, 11) is 0. The molecule has 2 N–H and O–H groups in total. The highest BCUT2D eigenvalue weighted by Gasteiger charge is 2.44. The van der Waals surface area contributed by atoms with Crippen molar-refractivity contribution in [3.05, 3.63) is 36.0 Å². The molecule has 1 atom stereocenters. The van der Waals surface area contributed by atoms with E-state index < -0.39 is 12.2 Å². The SMILES string of the molecule is Cl.Cl.FC(F)(F)[C@H](c1ccc2cc[nH]c2c1)N1CCNCC1. The molecule has 1 fully saturated rings. The predicted octanol–water partition coefficient (Wildman–Crippen LogP) is 3.52. The fraction of sp³-hybridized carbons (Fsp3) is 0.429. The standard InChI is InChI=1S/C14H16F3N3.2ClH/c15-14(16,17)13(20-7-5-18-6-8-20)11-2-1-10-3-4-19-12(10)9-11;;/h1-4,9,13,18-19H,5-8H2;2*1H/t13-;;/m0../s1. The minimum atomic E-state index is -4.27. The molecule has 3 rings (SSSR count). The van der Waals surface area contributed by atoms with Crippen LogP contribution in [-0.4, -0.2) is 42.2 Å². The molecule has 2 heterocycles. The second-order valence-corrected chi connectivity index (χ2v) is 5.05. The molecule has 0 radical (unpaired) electrons. The monoisotopic (exact) mass is 355 g/mol. The van der Waals surface area contributed by atoms with Crippen LogP contribution < -0.4 is 5.32 Å². The van der Waals surface area contributed by atoms with E-state index in [0.29, 0.717) is 31.7 Å². The number of alkyl halides is 3. The lowest BCUT2D eigenvalue weighted by Gasteiger charge is -2.36. The van der Waals surface area contributed by atoms with Crippen molar-refractivity contribution in [2.45, 2.75) is 12.2 Å². The van der Waals surface area contributed by atoms with Crippen LogP contribution in [0.1, 0.15) is 11.6 Å². The summed E-state index contributed by atoms with van der Waals surface area (Å²) >= 11 is 0. The molecule has 22 heavy (non-hydrogen) atoms. The third-order valence-electron chi connectivity index (χ3n) is 3.72. The third kappa shape index (κ3) is 3.87. The Morgan fingerprint density at radius 3 is 2.36 bits per heavy atom. The summed E-state index contributed by atoms with van der Waals surface area (Å²) in [5, 5.41) is 4.01. The zero-order valence-electron chi connectivity index (χ0n) is 11.7. The van der Waals surface area contributed by atoms with Crippen LogP contribution in [0, 0.1) is 0 Å². The first-order valence-electron chi connectivity index (χ1n) is 6.64. The van der Waals surface area contributed by atoms with Crippen LogP contribution in [0.3, 0.4) is 0 Å². The molecule has 0 unspecified atom stereocenters. The summed E-state index contributed by atoms with van der Waals surface area (Å²) in [6.07, 6.45) is -2.53. The molecule has 0 spiro atoms. The van der Waals surface area contributed by atoms with Gasteiger partial charge in [-0.05, 0) is 23.1 Å². The molecule has 0 saturated carbocycles. The molecule has 1 aromatic heterocycles. The van der Waals surface area contributed by atoms with Crippen molar-refractivity contribution in [2.75, 3.05) is 26.2 Å². The number of benzene rings is 1. The summed E-state index contributed by atoms with van der Waals surface area (Å²) in [6.45, 7) is 2.01. The van der Waals surface area contributed by atoms with E-state index in [-0.39, 0.29) is 24.8 Å². The lowest BCUT2D eigenvalue weighted by molar-refractivity contribution is -0.187. The van der Waals surface area contributed by atoms with E-state index in [1.165, 1.54) is 4.90 Å². The smallest absolute Gasteiger partial charge is 0.361 e. The number of H-pyrrole nitrogens is 1. The molecule has 2 aromatic rings. The Morgan fingerprint density at radius 1 is 1.05 bits per heavy atom. The maximum Gasteiger partial charge on any atom is 0.408 e. The number of hydrogen-bond donors (Lipinski definition) is 2. The number of nitrogens with one attached hydrogen (secondary N) is 2. The number of piperazine rings is 1. The van der Waals surface area contributed by atoms with Crippen LogP contribution in [0.2, 0.25) is 0 Å². The number of halogens is 5. The Balaban J connectivity index is 0.00000121. The average molecular weight is 356 g/mol. The minimum Gasteiger partial charge on any atom is -0.361 e. The van der Waals surface area contributed by atoms with Crippen LogP contribution in [0.25, 0.3) is 10.9 Å². The van der Waals surface area contributed by atoms with Crippen molar-refractivity contribution >= 4 is 35.7 Å². The van der Waals surface area contributed by atoms with Gasteiger partial charge in [-0.1, -0.05) is 12.1 Å². The van der Waals surface area contributed by atoms with Gasteiger partial charge < -0.3 is 10.3 Å². The van der Waals surface area contributed by atoms with Gasteiger partial charge in [0.05, 0.1) is 0 Å². The van der Waals surface area contributed by atoms with Crippen molar-refractivity contribution in [3.63, 3.8) is 0 Å².